The second-order valence-corrected chi connectivity index (χ2v) is 5.65. The molecule has 1 aromatic heterocycles. The number of fused-ring (bicyclic) bond motifs is 2. The maximum Gasteiger partial charge on any atom is 0.260 e. The molecule has 21 heavy (non-hydrogen) atoms. The molecule has 4 rings (SSSR count). The van der Waals surface area contributed by atoms with E-state index in [9.17, 15) is 9.59 Å². The van der Waals surface area contributed by atoms with Crippen LogP contribution in [0, 0.1) is 0 Å². The number of rotatable bonds is 1. The number of hydrogen-bond acceptors (Lipinski definition) is 2. The van der Waals surface area contributed by atoms with Gasteiger partial charge in [-0.2, -0.15) is 0 Å². The van der Waals surface area contributed by atoms with Crippen molar-refractivity contribution in [2.24, 2.45) is 14.1 Å². The number of ketones is 2. The van der Waals surface area contributed by atoms with E-state index in [2.05, 4.69) is 0 Å². The van der Waals surface area contributed by atoms with Crippen molar-refractivity contribution in [3.63, 3.8) is 0 Å². The summed E-state index contributed by atoms with van der Waals surface area (Å²) in [6.45, 7) is 0. The van der Waals surface area contributed by atoms with Crippen LogP contribution in [0.15, 0.2) is 24.3 Å². The molecule has 0 atom stereocenters. The summed E-state index contributed by atoms with van der Waals surface area (Å²) in [5, 5.41) is 0. The van der Waals surface area contributed by atoms with E-state index in [-0.39, 0.29) is 35.5 Å². The zero-order chi connectivity index (χ0) is 14.0. The molecule has 0 saturated heterocycles. The molecule has 5 heteroatoms. The van der Waals surface area contributed by atoms with E-state index in [0.717, 1.165) is 18.7 Å². The van der Waals surface area contributed by atoms with E-state index in [1.807, 2.05) is 23.2 Å². The monoisotopic (exact) mass is 394 g/mol. The van der Waals surface area contributed by atoms with Crippen LogP contribution in [0.3, 0.4) is 0 Å². The fraction of sp³-hybridized carbons (Fsp3) is 0.312. The Morgan fingerprint density at radius 2 is 1.67 bits per heavy atom. The summed E-state index contributed by atoms with van der Waals surface area (Å²) in [6.07, 6.45) is 2.28. The lowest BCUT2D eigenvalue weighted by Crippen LogP contribution is -3.00. The van der Waals surface area contributed by atoms with Gasteiger partial charge in [-0.1, -0.05) is 24.3 Å². The van der Waals surface area contributed by atoms with Crippen LogP contribution in [0.25, 0.3) is 0 Å². The maximum absolute atomic E-state index is 12.7. The molecule has 4 nitrogen and oxygen atoms in total. The number of aromatic nitrogens is 2. The maximum atomic E-state index is 12.7. The van der Waals surface area contributed by atoms with E-state index in [1.54, 1.807) is 24.3 Å². The molecular weight excluding hydrogens is 379 g/mol. The normalized spacial score (nSPS) is 16.3. The molecule has 2 aromatic rings. The minimum absolute atomic E-state index is 0. The summed E-state index contributed by atoms with van der Waals surface area (Å²) in [6, 6.07) is 7.09. The van der Waals surface area contributed by atoms with E-state index in [4.69, 9.17) is 0 Å². The topological polar surface area (TPSA) is 43.0 Å². The van der Waals surface area contributed by atoms with Crippen molar-refractivity contribution in [3.8, 4) is 0 Å². The molecular formula is C16H15IN2O2. The second-order valence-electron chi connectivity index (χ2n) is 5.65. The minimum atomic E-state index is -0.0415. The van der Waals surface area contributed by atoms with Crippen molar-refractivity contribution >= 4 is 11.6 Å². The van der Waals surface area contributed by atoms with E-state index in [0.29, 0.717) is 28.4 Å². The van der Waals surface area contributed by atoms with Crippen LogP contribution in [0.2, 0.25) is 0 Å². The molecule has 0 aliphatic heterocycles. The van der Waals surface area contributed by atoms with E-state index >= 15 is 0 Å². The highest BCUT2D eigenvalue weighted by atomic mass is 127. The van der Waals surface area contributed by atoms with Crippen molar-refractivity contribution in [2.75, 3.05) is 0 Å². The Morgan fingerprint density at radius 1 is 1.10 bits per heavy atom. The van der Waals surface area contributed by atoms with Gasteiger partial charge in [0.2, 0.25) is 23.0 Å². The Balaban J connectivity index is 0.00000132. The molecule has 1 fully saturated rings. The van der Waals surface area contributed by atoms with Gasteiger partial charge in [0.05, 0.1) is 20.0 Å². The molecule has 108 valence electrons. The Labute approximate surface area is 139 Å². The number of imidazole rings is 1. The number of hydrogen-bond donors (Lipinski definition) is 0. The molecule has 0 N–H and O–H groups in total. The lowest BCUT2D eigenvalue weighted by molar-refractivity contribution is -0.680. The number of benzene rings is 1. The molecule has 1 saturated carbocycles. The predicted molar refractivity (Wildman–Crippen MR) is 71.9 cm³/mol. The molecule has 0 unspecified atom stereocenters. The number of halogens is 1. The van der Waals surface area contributed by atoms with Gasteiger partial charge in [0, 0.05) is 11.1 Å². The Morgan fingerprint density at radius 3 is 2.24 bits per heavy atom. The third-order valence-corrected chi connectivity index (χ3v) is 4.37. The molecule has 0 bridgehead atoms. The zero-order valence-electron chi connectivity index (χ0n) is 11.9. The highest BCUT2D eigenvalue weighted by Gasteiger charge is 2.45. The van der Waals surface area contributed by atoms with Gasteiger partial charge < -0.3 is 24.0 Å². The van der Waals surface area contributed by atoms with Crippen LogP contribution in [0.5, 0.6) is 0 Å². The lowest BCUT2D eigenvalue weighted by atomic mass is 9.90. The molecule has 1 aromatic carbocycles. The SMILES string of the molecule is Cn1c2c([n+](C)c1C1CC1)C(=O)c1ccccc1C2=O.[I-]. The summed E-state index contributed by atoms with van der Waals surface area (Å²) in [7, 11) is 3.79. The van der Waals surface area contributed by atoms with Crippen LogP contribution in [-0.4, -0.2) is 16.1 Å². The summed E-state index contributed by atoms with van der Waals surface area (Å²) < 4.78 is 3.84. The van der Waals surface area contributed by atoms with Gasteiger partial charge in [0.1, 0.15) is 0 Å². The van der Waals surface area contributed by atoms with Crippen molar-refractivity contribution < 1.29 is 38.1 Å². The van der Waals surface area contributed by atoms with Crippen molar-refractivity contribution in [3.05, 3.63) is 52.6 Å². The summed E-state index contributed by atoms with van der Waals surface area (Å²) >= 11 is 0. The first kappa shape index (κ1) is 14.4. The molecule has 0 radical (unpaired) electrons. The lowest BCUT2D eigenvalue weighted by Gasteiger charge is -2.11. The smallest absolute Gasteiger partial charge is 0.260 e. The van der Waals surface area contributed by atoms with Gasteiger partial charge in [0.15, 0.2) is 0 Å². The van der Waals surface area contributed by atoms with Gasteiger partial charge in [-0.25, -0.2) is 9.13 Å². The van der Waals surface area contributed by atoms with Gasteiger partial charge in [-0.15, -0.1) is 0 Å². The van der Waals surface area contributed by atoms with Crippen molar-refractivity contribution in [1.29, 1.82) is 0 Å². The van der Waals surface area contributed by atoms with E-state index in [1.165, 1.54) is 0 Å². The van der Waals surface area contributed by atoms with Crippen LogP contribution < -0.4 is 28.5 Å². The third kappa shape index (κ3) is 1.83. The minimum Gasteiger partial charge on any atom is -1.00 e. The first-order valence-electron chi connectivity index (χ1n) is 6.88. The highest BCUT2D eigenvalue weighted by Crippen LogP contribution is 2.40. The van der Waals surface area contributed by atoms with Gasteiger partial charge >= 0.3 is 0 Å². The average molecular weight is 394 g/mol. The molecule has 1 heterocycles. The molecule has 2 aliphatic carbocycles. The largest absolute Gasteiger partial charge is 1.00 e. The molecule has 0 spiro atoms. The summed E-state index contributed by atoms with van der Waals surface area (Å²) in [5.41, 5.74) is 2.12. The first-order valence-corrected chi connectivity index (χ1v) is 6.88. The summed E-state index contributed by atoms with van der Waals surface area (Å²) in [4.78, 5) is 25.4. The fourth-order valence-electron chi connectivity index (χ4n) is 3.32. The van der Waals surface area contributed by atoms with Crippen LogP contribution >= 0.6 is 0 Å². The Hall–Kier alpha value is -1.50. The number of nitrogens with zero attached hydrogens (tertiary/aromatic N) is 2. The van der Waals surface area contributed by atoms with Crippen LogP contribution in [-0.2, 0) is 14.1 Å². The third-order valence-electron chi connectivity index (χ3n) is 4.37. The van der Waals surface area contributed by atoms with Gasteiger partial charge in [-0.3, -0.25) is 9.59 Å². The zero-order valence-corrected chi connectivity index (χ0v) is 14.0. The first-order chi connectivity index (χ1) is 9.61. The fourth-order valence-corrected chi connectivity index (χ4v) is 3.32. The van der Waals surface area contributed by atoms with Crippen LogP contribution in [0.1, 0.15) is 56.7 Å². The number of carbonyl (C=O) groups excluding carboxylic acids is 2. The van der Waals surface area contributed by atoms with Crippen LogP contribution in [0.4, 0.5) is 0 Å². The average Bonchev–Trinajstić information content (AvgIpc) is 3.23. The predicted octanol–water partition coefficient (Wildman–Crippen LogP) is -1.49. The van der Waals surface area contributed by atoms with Crippen molar-refractivity contribution in [2.45, 2.75) is 18.8 Å². The van der Waals surface area contributed by atoms with Crippen molar-refractivity contribution in [1.82, 2.24) is 4.57 Å². The number of carbonyl (C=O) groups is 2. The Bertz CT molecular complexity index is 729. The summed E-state index contributed by atoms with van der Waals surface area (Å²) in [5.74, 6) is 1.49. The quantitative estimate of drug-likeness (QED) is 0.373. The van der Waals surface area contributed by atoms with Gasteiger partial charge in [0.25, 0.3) is 5.82 Å². The molecule has 0 amide bonds. The second kappa shape index (κ2) is 4.76. The standard InChI is InChI=1S/C16H15N2O2.HI/c1-17-12-13(18(2)16(17)9-7-8-9)15(20)11-6-4-3-5-10(11)14(12)19;/h3-6,9H,7-8H2,1-2H3;1H/q+1;/p-1. The van der Waals surface area contributed by atoms with E-state index < -0.39 is 0 Å². The van der Waals surface area contributed by atoms with Gasteiger partial charge in [-0.05, 0) is 12.8 Å². The highest BCUT2D eigenvalue weighted by molar-refractivity contribution is 6.26. The molecule has 2 aliphatic rings. The Kier molecular flexibility index (Phi) is 3.27.